The molecular weight excluding hydrogens is 429 g/mol. The predicted octanol–water partition coefficient (Wildman–Crippen LogP) is 3.19. The number of esters is 1. The van der Waals surface area contributed by atoms with Crippen molar-refractivity contribution in [1.82, 2.24) is 15.5 Å². The highest BCUT2D eigenvalue weighted by atomic mass is 35.5. The minimum Gasteiger partial charge on any atom is -0.456 e. The zero-order chi connectivity index (χ0) is 21.3. The van der Waals surface area contributed by atoms with Crippen LogP contribution in [-0.2, 0) is 20.9 Å². The molecular formula is C21H17Cl2N3O4. The van der Waals surface area contributed by atoms with E-state index in [9.17, 15) is 14.4 Å². The number of rotatable bonds is 5. The van der Waals surface area contributed by atoms with Crippen LogP contribution in [0.5, 0.6) is 0 Å². The summed E-state index contributed by atoms with van der Waals surface area (Å²) >= 11 is 12.4. The predicted molar refractivity (Wildman–Crippen MR) is 111 cm³/mol. The molecule has 0 bridgehead atoms. The van der Waals surface area contributed by atoms with E-state index in [1.165, 1.54) is 4.90 Å². The van der Waals surface area contributed by atoms with Gasteiger partial charge in [-0.05, 0) is 23.3 Å². The number of carbonyl (C=O) groups excluding carboxylic acids is 3. The van der Waals surface area contributed by atoms with Gasteiger partial charge in [0.2, 0.25) is 5.91 Å². The zero-order valence-corrected chi connectivity index (χ0v) is 17.2. The first-order valence-corrected chi connectivity index (χ1v) is 9.94. The van der Waals surface area contributed by atoms with Crippen molar-refractivity contribution in [3.05, 3.63) is 81.0 Å². The molecule has 9 heteroatoms. The quantitative estimate of drug-likeness (QED) is 0.691. The van der Waals surface area contributed by atoms with Crippen LogP contribution < -0.4 is 10.6 Å². The normalized spacial score (nSPS) is 18.1. The fourth-order valence-corrected chi connectivity index (χ4v) is 3.90. The number of carbonyl (C=O) groups is 3. The van der Waals surface area contributed by atoms with Crippen molar-refractivity contribution >= 4 is 41.1 Å². The van der Waals surface area contributed by atoms with E-state index < -0.39 is 23.9 Å². The summed E-state index contributed by atoms with van der Waals surface area (Å²) in [4.78, 5) is 38.8. The number of nitrogens with one attached hydrogen (secondary N) is 2. The van der Waals surface area contributed by atoms with Gasteiger partial charge in [0.25, 0.3) is 0 Å². The second-order valence-corrected chi connectivity index (χ2v) is 7.61. The maximum Gasteiger partial charge on any atom is 0.338 e. The molecule has 3 amide bonds. The Morgan fingerprint density at radius 3 is 2.53 bits per heavy atom. The second-order valence-electron chi connectivity index (χ2n) is 6.79. The minimum atomic E-state index is -0.737. The third-order valence-corrected chi connectivity index (χ3v) is 5.66. The van der Waals surface area contributed by atoms with Crippen LogP contribution in [0, 0.1) is 0 Å². The monoisotopic (exact) mass is 445 g/mol. The Kier molecular flexibility index (Phi) is 5.65. The number of hydrogen-bond acceptors (Lipinski definition) is 4. The van der Waals surface area contributed by atoms with Crippen LogP contribution >= 0.6 is 23.2 Å². The van der Waals surface area contributed by atoms with Gasteiger partial charge in [-0.2, -0.15) is 0 Å². The van der Waals surface area contributed by atoms with Gasteiger partial charge in [-0.1, -0.05) is 59.6 Å². The first kappa shape index (κ1) is 20.3. The lowest BCUT2D eigenvalue weighted by atomic mass is 9.95. The third kappa shape index (κ3) is 3.86. The molecule has 154 valence electrons. The lowest BCUT2D eigenvalue weighted by molar-refractivity contribution is -0.136. The van der Waals surface area contributed by atoms with Gasteiger partial charge in [-0.25, -0.2) is 9.59 Å². The highest BCUT2D eigenvalue weighted by Gasteiger charge is 2.43. The summed E-state index contributed by atoms with van der Waals surface area (Å²) in [6, 6.07) is 12.8. The Hall–Kier alpha value is -3.03. The van der Waals surface area contributed by atoms with Crippen LogP contribution in [-0.4, -0.2) is 36.0 Å². The van der Waals surface area contributed by atoms with Crippen LogP contribution in [0.2, 0.25) is 10.0 Å². The SMILES string of the molecule is O=C(CN1C(=O)N[C@H](c2ccccc2Cl)C2=C1COC2=O)NCc1ccccc1Cl. The van der Waals surface area contributed by atoms with E-state index in [0.29, 0.717) is 21.3 Å². The lowest BCUT2D eigenvalue weighted by Crippen LogP contribution is -2.50. The number of urea groups is 1. The van der Waals surface area contributed by atoms with E-state index in [2.05, 4.69) is 10.6 Å². The summed E-state index contributed by atoms with van der Waals surface area (Å²) in [6.07, 6.45) is 0. The van der Waals surface area contributed by atoms with Gasteiger partial charge in [-0.3, -0.25) is 9.69 Å². The maximum atomic E-state index is 12.8. The molecule has 0 saturated carbocycles. The Balaban J connectivity index is 1.54. The Morgan fingerprint density at radius 2 is 1.80 bits per heavy atom. The molecule has 1 atom stereocenters. The maximum absolute atomic E-state index is 12.8. The van der Waals surface area contributed by atoms with E-state index in [1.54, 1.807) is 42.5 Å². The Bertz CT molecular complexity index is 1070. The van der Waals surface area contributed by atoms with Crippen molar-refractivity contribution in [1.29, 1.82) is 0 Å². The van der Waals surface area contributed by atoms with Gasteiger partial charge in [0.1, 0.15) is 13.2 Å². The molecule has 0 unspecified atom stereocenters. The van der Waals surface area contributed by atoms with Crippen LogP contribution in [0.1, 0.15) is 17.2 Å². The molecule has 7 nitrogen and oxygen atoms in total. The first-order chi connectivity index (χ1) is 14.5. The molecule has 0 spiro atoms. The molecule has 2 aromatic carbocycles. The molecule has 0 fully saturated rings. The van der Waals surface area contributed by atoms with Crippen LogP contribution in [0.4, 0.5) is 4.79 Å². The van der Waals surface area contributed by atoms with E-state index in [4.69, 9.17) is 27.9 Å². The summed E-state index contributed by atoms with van der Waals surface area (Å²) in [5.74, 6) is -0.941. The number of ether oxygens (including phenoxy) is 1. The zero-order valence-electron chi connectivity index (χ0n) is 15.7. The second kappa shape index (κ2) is 8.38. The summed E-state index contributed by atoms with van der Waals surface area (Å²) < 4.78 is 5.16. The standard InChI is InChI=1S/C21H17Cl2N3O4/c22-14-7-3-1-5-12(14)9-24-17(27)10-26-16-11-30-20(28)18(16)19(25-21(26)29)13-6-2-4-8-15(13)23/h1-8,19H,9-11H2,(H,24,27)(H,25,29)/t19-/m1/s1. The first-order valence-electron chi connectivity index (χ1n) is 9.18. The molecule has 2 aliphatic heterocycles. The minimum absolute atomic E-state index is 0.0830. The smallest absolute Gasteiger partial charge is 0.338 e. The van der Waals surface area contributed by atoms with Crippen LogP contribution in [0.25, 0.3) is 0 Å². The van der Waals surface area contributed by atoms with Crippen molar-refractivity contribution in [3.63, 3.8) is 0 Å². The Labute approximate surface area is 182 Å². The van der Waals surface area contributed by atoms with Gasteiger partial charge in [0.15, 0.2) is 0 Å². The fourth-order valence-electron chi connectivity index (χ4n) is 3.46. The number of halogens is 2. The number of amides is 3. The third-order valence-electron chi connectivity index (χ3n) is 4.95. The van der Waals surface area contributed by atoms with E-state index in [-0.39, 0.29) is 25.3 Å². The number of cyclic esters (lactones) is 1. The molecule has 2 heterocycles. The van der Waals surface area contributed by atoms with Gasteiger partial charge in [0, 0.05) is 16.6 Å². The summed E-state index contributed by atoms with van der Waals surface area (Å²) in [5.41, 5.74) is 1.98. The average Bonchev–Trinajstić information content (AvgIpc) is 3.11. The summed E-state index contributed by atoms with van der Waals surface area (Å²) in [5, 5.41) is 6.45. The van der Waals surface area contributed by atoms with Crippen molar-refractivity contribution in [2.45, 2.75) is 12.6 Å². The van der Waals surface area contributed by atoms with Gasteiger partial charge >= 0.3 is 12.0 Å². The van der Waals surface area contributed by atoms with E-state index in [0.717, 1.165) is 5.56 Å². The molecule has 4 rings (SSSR count). The van der Waals surface area contributed by atoms with E-state index >= 15 is 0 Å². The lowest BCUT2D eigenvalue weighted by Gasteiger charge is -2.32. The molecule has 0 radical (unpaired) electrons. The molecule has 0 aliphatic carbocycles. The van der Waals surface area contributed by atoms with Crippen LogP contribution in [0.3, 0.4) is 0 Å². The van der Waals surface area contributed by atoms with Crippen molar-refractivity contribution in [2.24, 2.45) is 0 Å². The molecule has 2 aromatic rings. The van der Waals surface area contributed by atoms with E-state index in [1.807, 2.05) is 6.07 Å². The molecule has 0 aromatic heterocycles. The number of benzene rings is 2. The topological polar surface area (TPSA) is 87.7 Å². The molecule has 2 N–H and O–H groups in total. The van der Waals surface area contributed by atoms with Crippen molar-refractivity contribution < 1.29 is 19.1 Å². The van der Waals surface area contributed by atoms with Gasteiger partial charge in [0.05, 0.1) is 17.3 Å². The van der Waals surface area contributed by atoms with Gasteiger partial charge in [-0.15, -0.1) is 0 Å². The molecule has 30 heavy (non-hydrogen) atoms. The van der Waals surface area contributed by atoms with Crippen LogP contribution in [0.15, 0.2) is 59.8 Å². The highest BCUT2D eigenvalue weighted by molar-refractivity contribution is 6.31. The molecule has 0 saturated heterocycles. The fraction of sp³-hybridized carbons (Fsp3) is 0.190. The molecule has 2 aliphatic rings. The van der Waals surface area contributed by atoms with Crippen molar-refractivity contribution in [3.8, 4) is 0 Å². The largest absolute Gasteiger partial charge is 0.456 e. The average molecular weight is 446 g/mol. The highest BCUT2D eigenvalue weighted by Crippen LogP contribution is 2.37. The summed E-state index contributed by atoms with van der Waals surface area (Å²) in [6.45, 7) is -0.126. The number of nitrogens with zero attached hydrogens (tertiary/aromatic N) is 1. The Morgan fingerprint density at radius 1 is 1.10 bits per heavy atom. The summed E-state index contributed by atoms with van der Waals surface area (Å²) in [7, 11) is 0. The van der Waals surface area contributed by atoms with Gasteiger partial charge < -0.3 is 15.4 Å². The van der Waals surface area contributed by atoms with Crippen molar-refractivity contribution in [2.75, 3.05) is 13.2 Å². The number of hydrogen-bond donors (Lipinski definition) is 2.